The summed E-state index contributed by atoms with van der Waals surface area (Å²) in [6, 6.07) is 0. The highest BCUT2D eigenvalue weighted by Gasteiger charge is 2.46. The van der Waals surface area contributed by atoms with Crippen molar-refractivity contribution in [3.8, 4) is 0 Å². The van der Waals surface area contributed by atoms with Crippen LogP contribution in [0.2, 0.25) is 0 Å². The quantitative estimate of drug-likeness (QED) is 0.230. The summed E-state index contributed by atoms with van der Waals surface area (Å²) in [4.78, 5) is 23.8. The van der Waals surface area contributed by atoms with Gasteiger partial charge in [0.1, 0.15) is 12.7 Å². The van der Waals surface area contributed by atoms with E-state index in [2.05, 4.69) is 6.92 Å². The van der Waals surface area contributed by atoms with Gasteiger partial charge >= 0.3 is 27.5 Å². The Balaban J connectivity index is 4.61. The first kappa shape index (κ1) is 29.6. The number of carbonyl (C=O) groups is 2. The van der Waals surface area contributed by atoms with Gasteiger partial charge < -0.3 is 9.47 Å². The number of halogens is 3. The molecule has 0 unspecified atom stereocenters. The first-order valence-electron chi connectivity index (χ1n) is 10.9. The minimum Gasteiger partial charge on any atom is -0.462 e. The molecule has 0 heterocycles. The van der Waals surface area contributed by atoms with E-state index in [4.69, 9.17) is 9.47 Å². The van der Waals surface area contributed by atoms with Gasteiger partial charge in [-0.15, -0.1) is 0 Å². The molecule has 0 amide bonds. The van der Waals surface area contributed by atoms with Crippen LogP contribution in [0.15, 0.2) is 0 Å². The number of hydrogen-bond acceptors (Lipinski definition) is 6. The molecule has 0 saturated heterocycles. The molecule has 0 aliphatic carbocycles. The Morgan fingerprint density at radius 1 is 0.839 bits per heavy atom. The molecule has 0 aliphatic rings. The number of alkyl halides is 3. The predicted octanol–water partition coefficient (Wildman–Crippen LogP) is 4.60. The molecule has 31 heavy (non-hydrogen) atoms. The molecule has 7 nitrogen and oxygen atoms in total. The molecular weight excluding hydrogens is 439 g/mol. The average Bonchev–Trinajstić information content (AvgIpc) is 2.68. The lowest BCUT2D eigenvalue weighted by molar-refractivity contribution is -0.158. The topological polar surface area (TPSA) is 98.8 Å². The molecule has 0 aliphatic heterocycles. The molecule has 0 fully saturated rings. The highest BCUT2D eigenvalue weighted by Crippen LogP contribution is 2.21. The number of hydrogen-bond donors (Lipinski definition) is 1. The van der Waals surface area contributed by atoms with E-state index in [9.17, 15) is 31.2 Å². The highest BCUT2D eigenvalue weighted by atomic mass is 32.2. The maximum Gasteiger partial charge on any atom is 0.511 e. The summed E-state index contributed by atoms with van der Waals surface area (Å²) in [7, 11) is -5.60. The van der Waals surface area contributed by atoms with Gasteiger partial charge in [-0.3, -0.25) is 9.59 Å². The third kappa shape index (κ3) is 15.1. The summed E-state index contributed by atoms with van der Waals surface area (Å²) in [5.41, 5.74) is -5.49. The summed E-state index contributed by atoms with van der Waals surface area (Å²) < 4.78 is 71.3. The smallest absolute Gasteiger partial charge is 0.462 e. The minimum absolute atomic E-state index is 0.0532. The van der Waals surface area contributed by atoms with Crippen LogP contribution in [0.4, 0.5) is 13.2 Å². The van der Waals surface area contributed by atoms with Crippen LogP contribution in [-0.4, -0.2) is 45.1 Å². The Hall–Kier alpha value is -1.36. The van der Waals surface area contributed by atoms with E-state index in [1.54, 1.807) is 0 Å². The van der Waals surface area contributed by atoms with E-state index in [1.807, 2.05) is 6.92 Å². The Morgan fingerprint density at radius 3 is 1.81 bits per heavy atom. The van der Waals surface area contributed by atoms with Crippen molar-refractivity contribution in [1.82, 2.24) is 4.72 Å². The fraction of sp³-hybridized carbons (Fsp3) is 0.900. The lowest BCUT2D eigenvalue weighted by Crippen LogP contribution is -2.43. The molecule has 0 aromatic rings. The van der Waals surface area contributed by atoms with Crippen molar-refractivity contribution in [2.24, 2.45) is 0 Å². The lowest BCUT2D eigenvalue weighted by Gasteiger charge is -2.19. The van der Waals surface area contributed by atoms with E-state index < -0.39 is 46.7 Å². The molecule has 1 atom stereocenters. The first-order valence-corrected chi connectivity index (χ1v) is 12.4. The van der Waals surface area contributed by atoms with Gasteiger partial charge in [-0.2, -0.15) is 13.2 Å². The van der Waals surface area contributed by atoms with Gasteiger partial charge in [-0.1, -0.05) is 65.2 Å². The molecule has 0 aromatic carbocycles. The largest absolute Gasteiger partial charge is 0.511 e. The first-order chi connectivity index (χ1) is 14.5. The minimum atomic E-state index is -5.60. The molecule has 0 bridgehead atoms. The third-order valence-corrected chi connectivity index (χ3v) is 5.66. The van der Waals surface area contributed by atoms with Gasteiger partial charge in [0.05, 0.1) is 6.54 Å². The van der Waals surface area contributed by atoms with Gasteiger partial charge in [0, 0.05) is 12.8 Å². The molecular formula is C20H36F3NO6S. The van der Waals surface area contributed by atoms with Gasteiger partial charge in [0.2, 0.25) is 0 Å². The molecule has 0 rings (SSSR count). The second-order valence-corrected chi connectivity index (χ2v) is 9.18. The number of sulfonamides is 1. The van der Waals surface area contributed by atoms with Crippen molar-refractivity contribution < 1.29 is 40.7 Å². The maximum atomic E-state index is 12.5. The zero-order valence-electron chi connectivity index (χ0n) is 18.5. The van der Waals surface area contributed by atoms with Crippen LogP contribution in [0.1, 0.15) is 90.9 Å². The molecule has 0 aromatic heterocycles. The number of rotatable bonds is 18. The van der Waals surface area contributed by atoms with Crippen LogP contribution in [-0.2, 0) is 29.1 Å². The second-order valence-electron chi connectivity index (χ2n) is 7.42. The fourth-order valence-corrected chi connectivity index (χ4v) is 3.24. The molecule has 11 heteroatoms. The fourth-order valence-electron chi connectivity index (χ4n) is 2.67. The monoisotopic (exact) mass is 475 g/mol. The van der Waals surface area contributed by atoms with Crippen LogP contribution in [0.3, 0.4) is 0 Å². The SMILES string of the molecule is CCCCCCCC(=O)OC[C@H](CNS(=O)(=O)C(F)(F)F)OC(=O)CCCCCCC. The van der Waals surface area contributed by atoms with Crippen molar-refractivity contribution in [3.63, 3.8) is 0 Å². The van der Waals surface area contributed by atoms with Crippen molar-refractivity contribution in [1.29, 1.82) is 0 Å². The van der Waals surface area contributed by atoms with Crippen LogP contribution in [0.25, 0.3) is 0 Å². The zero-order chi connectivity index (χ0) is 23.8. The number of nitrogens with one attached hydrogen (secondary N) is 1. The molecule has 0 saturated carbocycles. The van der Waals surface area contributed by atoms with Crippen LogP contribution >= 0.6 is 0 Å². The van der Waals surface area contributed by atoms with E-state index in [0.29, 0.717) is 12.8 Å². The number of ether oxygens (including phenoxy) is 2. The average molecular weight is 476 g/mol. The van der Waals surface area contributed by atoms with E-state index >= 15 is 0 Å². The molecule has 1 N–H and O–H groups in total. The predicted molar refractivity (Wildman–Crippen MR) is 111 cm³/mol. The zero-order valence-corrected chi connectivity index (χ0v) is 19.3. The third-order valence-electron chi connectivity index (χ3n) is 4.50. The maximum absolute atomic E-state index is 12.5. The molecule has 184 valence electrons. The van der Waals surface area contributed by atoms with E-state index in [1.165, 1.54) is 4.72 Å². The summed E-state index contributed by atoms with van der Waals surface area (Å²) in [6.07, 6.45) is 7.80. The van der Waals surface area contributed by atoms with Crippen LogP contribution in [0, 0.1) is 0 Å². The van der Waals surface area contributed by atoms with Crippen LogP contribution in [0.5, 0.6) is 0 Å². The van der Waals surface area contributed by atoms with Crippen LogP contribution < -0.4 is 4.72 Å². The van der Waals surface area contributed by atoms with Gasteiger partial charge in [-0.25, -0.2) is 13.1 Å². The Labute approximate surface area is 183 Å². The number of carbonyl (C=O) groups excluding carboxylic acids is 2. The Morgan fingerprint density at radius 2 is 1.32 bits per heavy atom. The van der Waals surface area contributed by atoms with Crippen molar-refractivity contribution in [2.75, 3.05) is 13.2 Å². The molecule has 0 spiro atoms. The lowest BCUT2D eigenvalue weighted by atomic mass is 10.1. The molecule has 0 radical (unpaired) electrons. The Bertz CT molecular complexity index is 611. The normalized spacial score (nSPS) is 13.1. The van der Waals surface area contributed by atoms with E-state index in [0.717, 1.165) is 51.4 Å². The summed E-state index contributed by atoms with van der Waals surface area (Å²) in [5.74, 6) is -1.25. The number of unbranched alkanes of at least 4 members (excludes halogenated alkanes) is 8. The summed E-state index contributed by atoms with van der Waals surface area (Å²) in [5, 5.41) is 0. The summed E-state index contributed by atoms with van der Waals surface area (Å²) >= 11 is 0. The van der Waals surface area contributed by atoms with Crippen molar-refractivity contribution >= 4 is 22.0 Å². The van der Waals surface area contributed by atoms with Crippen molar-refractivity contribution in [2.45, 2.75) is 103 Å². The Kier molecular flexibility index (Phi) is 15.6. The standard InChI is InChI=1S/C20H36F3NO6S/c1-3-5-7-9-11-13-18(25)29-16-17(15-24-31(27,28)20(21,22)23)30-19(26)14-12-10-8-6-4-2/h17,24H,3-16H2,1-2H3/t17-/m0/s1. The van der Waals surface area contributed by atoms with E-state index in [-0.39, 0.29) is 12.8 Å². The second kappa shape index (κ2) is 16.3. The van der Waals surface area contributed by atoms with Gasteiger partial charge in [-0.05, 0) is 12.8 Å². The number of esters is 2. The van der Waals surface area contributed by atoms with Gasteiger partial charge in [0.25, 0.3) is 0 Å². The summed E-state index contributed by atoms with van der Waals surface area (Å²) in [6.45, 7) is 2.75. The van der Waals surface area contributed by atoms with Gasteiger partial charge in [0.15, 0.2) is 0 Å². The van der Waals surface area contributed by atoms with Crippen molar-refractivity contribution in [3.05, 3.63) is 0 Å². The highest BCUT2D eigenvalue weighted by molar-refractivity contribution is 7.90.